The second kappa shape index (κ2) is 26.5. The van der Waals surface area contributed by atoms with Gasteiger partial charge in [-0.25, -0.2) is 9.97 Å². The Morgan fingerprint density at radius 2 is 0.833 bits per heavy atom. The quantitative estimate of drug-likeness (QED) is 0.0983. The van der Waals surface area contributed by atoms with Crippen LogP contribution in [-0.2, 0) is 19.2 Å². The number of nitrogens with one attached hydrogen (secondary N) is 3. The molecule has 3 aliphatic heterocycles. The summed E-state index contributed by atoms with van der Waals surface area (Å²) < 4.78 is 0. The average molecular weight is 1270 g/mol. The first-order valence-electron chi connectivity index (χ1n) is 27.9. The summed E-state index contributed by atoms with van der Waals surface area (Å²) in [6.45, 7) is 12.1. The van der Waals surface area contributed by atoms with Crippen LogP contribution in [0.4, 0.5) is 11.4 Å². The Morgan fingerprint density at radius 3 is 1.21 bits per heavy atom. The number of nitrogen functional groups attached to an aromatic ring is 1. The Bertz CT molecular complexity index is 3820. The van der Waals surface area contributed by atoms with E-state index in [1.807, 2.05) is 48.5 Å². The SMILES string of the molecule is Cc1cc(C)c(-c2c3nc(c(-c4ccc(NC(=O)CN5CCN(CC(=O)[O-])CCN(CC(=O)[O-])CCN(C(=O)C[O-])CC5)cc4)c4ccc([nH]4)c(-c4c(C)cc(C)cc4C)c4nc(c(-c5ccc(N)cc5)c5ccc2[nH]5)C=C4)C=C3)c(C)c1.[Gd+3]. The van der Waals surface area contributed by atoms with Crippen LogP contribution in [0.5, 0.6) is 0 Å². The average Bonchev–Trinajstić information content (AvgIpc) is 4.44. The number of aromatic amines is 2. The minimum Gasteiger partial charge on any atom is -0.848 e. The Kier molecular flexibility index (Phi) is 19.2. The van der Waals surface area contributed by atoms with Crippen molar-refractivity contribution < 1.29 is 74.4 Å². The number of nitrogens with two attached hydrogens (primary N) is 1. The van der Waals surface area contributed by atoms with Crippen molar-refractivity contribution in [2.75, 3.05) is 89.6 Å². The Morgan fingerprint density at radius 1 is 0.488 bits per heavy atom. The van der Waals surface area contributed by atoms with Gasteiger partial charge in [0.05, 0.1) is 41.3 Å². The first kappa shape index (κ1) is 60.9. The number of anilines is 2. The van der Waals surface area contributed by atoms with Gasteiger partial charge in [-0.2, -0.15) is 0 Å². The summed E-state index contributed by atoms with van der Waals surface area (Å²) in [6, 6.07) is 32.7. The van der Waals surface area contributed by atoms with Gasteiger partial charge in [-0.05, 0) is 159 Å². The molecule has 84 heavy (non-hydrogen) atoms. The van der Waals surface area contributed by atoms with Crippen molar-refractivity contribution in [3.8, 4) is 44.5 Å². The molecular formula is C66H67GdN10O7. The van der Waals surface area contributed by atoms with Crippen LogP contribution in [-0.4, -0.2) is 142 Å². The smallest absolute Gasteiger partial charge is 0.848 e. The number of H-pyrrole nitrogens is 2. The predicted molar refractivity (Wildman–Crippen MR) is 323 cm³/mol. The van der Waals surface area contributed by atoms with Crippen molar-refractivity contribution in [1.29, 1.82) is 0 Å². The first-order valence-corrected chi connectivity index (χ1v) is 27.9. The maximum absolute atomic E-state index is 14.0. The van der Waals surface area contributed by atoms with Gasteiger partial charge < -0.3 is 50.8 Å². The topological polar surface area (TPSA) is 246 Å². The first-order chi connectivity index (χ1) is 39.9. The molecule has 8 bridgehead atoms. The number of nitrogens with zero attached hydrogens (tertiary/aromatic N) is 6. The fraction of sp³-hybridized carbons (Fsp3) is 0.273. The van der Waals surface area contributed by atoms with Crippen molar-refractivity contribution in [2.24, 2.45) is 0 Å². The minimum absolute atomic E-state index is 0. The summed E-state index contributed by atoms with van der Waals surface area (Å²) in [4.78, 5) is 75.2. The van der Waals surface area contributed by atoms with Crippen molar-refractivity contribution in [1.82, 2.24) is 39.5 Å². The van der Waals surface area contributed by atoms with Crippen LogP contribution < -0.4 is 26.4 Å². The summed E-state index contributed by atoms with van der Waals surface area (Å²) in [5.74, 6) is -3.62. The van der Waals surface area contributed by atoms with Crippen molar-refractivity contribution in [3.63, 3.8) is 0 Å². The number of carbonyl (C=O) groups excluding carboxylic acids is 4. The van der Waals surface area contributed by atoms with Crippen LogP contribution in [0.3, 0.4) is 0 Å². The molecule has 17 nitrogen and oxygen atoms in total. The van der Waals surface area contributed by atoms with Crippen molar-refractivity contribution >= 4 is 81.5 Å². The number of carboxylic acid groups (broad SMARTS) is 2. The molecule has 0 spiro atoms. The fourth-order valence-corrected chi connectivity index (χ4v) is 12.0. The third kappa shape index (κ3) is 13.8. The molecule has 1 radical (unpaired) electrons. The molecule has 10 rings (SSSR count). The molecule has 0 unspecified atom stereocenters. The fourth-order valence-electron chi connectivity index (χ4n) is 12.0. The van der Waals surface area contributed by atoms with Crippen molar-refractivity contribution in [2.45, 2.75) is 41.5 Å². The van der Waals surface area contributed by atoms with Gasteiger partial charge in [-0.1, -0.05) is 66.3 Å². The Hall–Kier alpha value is -7.68. The third-order valence-corrected chi connectivity index (χ3v) is 15.7. The van der Waals surface area contributed by atoms with Gasteiger partial charge in [0, 0.05) is 121 Å². The molecule has 0 atom stereocenters. The predicted octanol–water partition coefficient (Wildman–Crippen LogP) is 6.30. The van der Waals surface area contributed by atoms with Crippen LogP contribution in [0.15, 0.2) is 97.1 Å². The Balaban J connectivity index is 0.00000846. The van der Waals surface area contributed by atoms with Crippen LogP contribution in [0.25, 0.3) is 90.9 Å². The van der Waals surface area contributed by atoms with E-state index in [4.69, 9.17) is 15.7 Å². The van der Waals surface area contributed by atoms with Gasteiger partial charge in [-0.15, -0.1) is 0 Å². The Labute approximate surface area is 520 Å². The molecule has 0 saturated carbocycles. The molecule has 4 aromatic carbocycles. The van der Waals surface area contributed by atoms with Gasteiger partial charge in [0.1, 0.15) is 0 Å². The van der Waals surface area contributed by atoms with E-state index in [0.29, 0.717) is 11.4 Å². The summed E-state index contributed by atoms with van der Waals surface area (Å²) in [5, 5.41) is 38.2. The van der Waals surface area contributed by atoms with Crippen molar-refractivity contribution in [3.05, 3.63) is 153 Å². The number of fused-ring (bicyclic) bond motifs is 8. The molecule has 18 heteroatoms. The summed E-state index contributed by atoms with van der Waals surface area (Å²) in [6.07, 6.45) is 8.30. The number of benzene rings is 4. The molecule has 7 aromatic rings. The maximum Gasteiger partial charge on any atom is 3.00 e. The number of hydrogen-bond acceptors (Lipinski definition) is 13. The number of amides is 2. The van der Waals surface area contributed by atoms with Gasteiger partial charge in [0.25, 0.3) is 0 Å². The molecule has 3 aliphatic rings. The number of rotatable bonds is 12. The number of hydrogen-bond donors (Lipinski definition) is 4. The third-order valence-electron chi connectivity index (χ3n) is 15.7. The number of carbonyl (C=O) groups is 4. The molecule has 5 N–H and O–H groups in total. The molecule has 3 aromatic heterocycles. The largest absolute Gasteiger partial charge is 3.00 e. The number of carboxylic acids is 2. The van der Waals surface area contributed by atoms with E-state index < -0.39 is 37.5 Å². The van der Waals surface area contributed by atoms with E-state index in [-0.39, 0.29) is 105 Å². The molecule has 1 fully saturated rings. The number of aliphatic carboxylic acids is 2. The zero-order chi connectivity index (χ0) is 58.6. The second-order valence-electron chi connectivity index (χ2n) is 21.9. The molecule has 2 amide bonds. The zero-order valence-corrected chi connectivity index (χ0v) is 50.3. The van der Waals surface area contributed by atoms with Crippen LogP contribution in [0.1, 0.15) is 56.2 Å². The molecule has 6 heterocycles. The van der Waals surface area contributed by atoms with Crippen LogP contribution in [0, 0.1) is 81.5 Å². The van der Waals surface area contributed by atoms with Crippen LogP contribution >= 0.6 is 0 Å². The zero-order valence-electron chi connectivity index (χ0n) is 48.0. The van der Waals surface area contributed by atoms with Gasteiger partial charge >= 0.3 is 39.9 Å². The number of aryl methyl sites for hydroxylation is 6. The molecule has 1 saturated heterocycles. The van der Waals surface area contributed by atoms with Gasteiger partial charge in [0.15, 0.2) is 0 Å². The second-order valence-corrected chi connectivity index (χ2v) is 21.9. The summed E-state index contributed by atoms with van der Waals surface area (Å²) in [5.41, 5.74) is 28.3. The van der Waals surface area contributed by atoms with E-state index >= 15 is 0 Å². The van der Waals surface area contributed by atoms with E-state index in [1.165, 1.54) is 4.90 Å². The van der Waals surface area contributed by atoms with Gasteiger partial charge in [0.2, 0.25) is 11.8 Å². The van der Waals surface area contributed by atoms with E-state index in [2.05, 4.69) is 130 Å². The molecule has 0 aliphatic carbocycles. The molecular weight excluding hydrogens is 1200 g/mol. The monoisotopic (exact) mass is 1270 g/mol. The van der Waals surface area contributed by atoms with E-state index in [9.17, 15) is 34.5 Å². The summed E-state index contributed by atoms with van der Waals surface area (Å²) >= 11 is 0. The van der Waals surface area contributed by atoms with Crippen LogP contribution in [0.2, 0.25) is 0 Å². The van der Waals surface area contributed by atoms with Gasteiger partial charge in [-0.3, -0.25) is 24.3 Å². The summed E-state index contributed by atoms with van der Waals surface area (Å²) in [7, 11) is 0. The number of aromatic nitrogens is 4. The maximum atomic E-state index is 14.0. The normalized spacial score (nSPS) is 14.4. The van der Waals surface area contributed by atoms with E-state index in [0.717, 1.165) is 123 Å². The minimum atomic E-state index is -1.32. The van der Waals surface area contributed by atoms with E-state index in [1.54, 1.807) is 14.7 Å². The molecule has 431 valence electrons. The standard InChI is InChI=1S/C66H69N10O7.Gd/c1-39-31-41(3)61(42(4)32-39)65-53-19-15-49(69-53)63(45-7-11-47(67)12-8-45)50-16-20-54(70-50)66(62-43(5)33-40(2)34-44(62)6)56-22-18-52(72-56)64(51-17-21-55(65)71-51)46-9-13-48(14-10-46)68-57(78)35-73-23-24-74(36-59(80)81)25-26-75(37-60(82)83)28-30-76(29-27-73)58(79)38-77;/h7-22,31-34,69,72H,23-30,35-38,67H2,1-6H3,(H,68,78)(H,80,81)(H,82,83);/q-1;+3/p-2.